The van der Waals surface area contributed by atoms with Crippen molar-refractivity contribution in [1.29, 1.82) is 0 Å². The Bertz CT molecular complexity index is 636. The molecule has 1 aliphatic rings. The molecule has 2 aromatic rings. The zero-order chi connectivity index (χ0) is 13.9. The van der Waals surface area contributed by atoms with Crippen molar-refractivity contribution in [2.75, 3.05) is 25.5 Å². The third-order valence-corrected chi connectivity index (χ3v) is 3.59. The van der Waals surface area contributed by atoms with Crippen molar-refractivity contribution in [3.05, 3.63) is 30.5 Å². The van der Waals surface area contributed by atoms with Crippen molar-refractivity contribution < 1.29 is 9.53 Å². The second-order valence-corrected chi connectivity index (χ2v) is 4.84. The molecular formula is C15H17N3O2. The Morgan fingerprint density at radius 3 is 2.85 bits per heavy atom. The lowest BCUT2D eigenvalue weighted by Crippen LogP contribution is -2.32. The van der Waals surface area contributed by atoms with Gasteiger partial charge < -0.3 is 15.0 Å². The summed E-state index contributed by atoms with van der Waals surface area (Å²) >= 11 is 0. The summed E-state index contributed by atoms with van der Waals surface area (Å²) in [6.07, 6.45) is 3.88. The molecule has 2 amide bonds. The van der Waals surface area contributed by atoms with E-state index in [0.29, 0.717) is 5.75 Å². The number of pyridine rings is 1. The monoisotopic (exact) mass is 271 g/mol. The summed E-state index contributed by atoms with van der Waals surface area (Å²) in [6.45, 7) is 1.66. The second kappa shape index (κ2) is 5.36. The largest absolute Gasteiger partial charge is 0.494 e. The molecule has 1 aromatic carbocycles. The van der Waals surface area contributed by atoms with Gasteiger partial charge in [0.05, 0.1) is 12.8 Å². The quantitative estimate of drug-likeness (QED) is 0.913. The van der Waals surface area contributed by atoms with E-state index in [1.54, 1.807) is 13.3 Å². The number of anilines is 1. The number of benzene rings is 1. The molecule has 0 unspecified atom stereocenters. The molecule has 0 spiro atoms. The Morgan fingerprint density at radius 1 is 1.30 bits per heavy atom. The molecule has 104 valence electrons. The van der Waals surface area contributed by atoms with Crippen LogP contribution in [0.1, 0.15) is 12.8 Å². The van der Waals surface area contributed by atoms with Gasteiger partial charge in [0.25, 0.3) is 0 Å². The predicted octanol–water partition coefficient (Wildman–Crippen LogP) is 2.87. The van der Waals surface area contributed by atoms with Crippen molar-refractivity contribution in [2.24, 2.45) is 0 Å². The Balaban J connectivity index is 1.93. The Kier molecular flexibility index (Phi) is 3.41. The fourth-order valence-electron chi connectivity index (χ4n) is 2.53. The van der Waals surface area contributed by atoms with E-state index in [4.69, 9.17) is 4.74 Å². The molecule has 1 saturated heterocycles. The van der Waals surface area contributed by atoms with E-state index < -0.39 is 0 Å². The topological polar surface area (TPSA) is 54.5 Å². The first-order chi connectivity index (χ1) is 9.79. The molecule has 1 fully saturated rings. The summed E-state index contributed by atoms with van der Waals surface area (Å²) in [4.78, 5) is 18.3. The highest BCUT2D eigenvalue weighted by Crippen LogP contribution is 2.30. The van der Waals surface area contributed by atoms with Gasteiger partial charge in [0.2, 0.25) is 0 Å². The van der Waals surface area contributed by atoms with Crippen LogP contribution in [0.5, 0.6) is 5.75 Å². The molecule has 5 heteroatoms. The maximum absolute atomic E-state index is 12.2. The summed E-state index contributed by atoms with van der Waals surface area (Å²) < 4.78 is 5.30. The fourth-order valence-corrected chi connectivity index (χ4v) is 2.53. The molecule has 0 bridgehead atoms. The number of rotatable bonds is 2. The summed E-state index contributed by atoms with van der Waals surface area (Å²) in [5, 5.41) is 3.86. The molecule has 1 aromatic heterocycles. The molecule has 0 radical (unpaired) electrons. The number of methoxy groups -OCH3 is 1. The highest BCUT2D eigenvalue weighted by atomic mass is 16.5. The van der Waals surface area contributed by atoms with Gasteiger partial charge in [0, 0.05) is 24.7 Å². The first-order valence-corrected chi connectivity index (χ1v) is 6.77. The van der Waals surface area contributed by atoms with Gasteiger partial charge in [-0.25, -0.2) is 4.79 Å². The van der Waals surface area contributed by atoms with Gasteiger partial charge in [-0.1, -0.05) is 0 Å². The first-order valence-electron chi connectivity index (χ1n) is 6.77. The summed E-state index contributed by atoms with van der Waals surface area (Å²) in [5.41, 5.74) is 1.53. The minimum Gasteiger partial charge on any atom is -0.494 e. The number of amides is 2. The van der Waals surface area contributed by atoms with Crippen molar-refractivity contribution >= 4 is 22.6 Å². The van der Waals surface area contributed by atoms with E-state index in [-0.39, 0.29) is 6.03 Å². The number of urea groups is 1. The van der Waals surface area contributed by atoms with Gasteiger partial charge >= 0.3 is 6.03 Å². The van der Waals surface area contributed by atoms with Crippen molar-refractivity contribution in [1.82, 2.24) is 9.88 Å². The summed E-state index contributed by atoms with van der Waals surface area (Å²) in [5.74, 6) is 0.708. The van der Waals surface area contributed by atoms with Gasteiger partial charge in [0.15, 0.2) is 0 Å². The lowest BCUT2D eigenvalue weighted by Gasteiger charge is -2.17. The van der Waals surface area contributed by atoms with Crippen LogP contribution in [0.3, 0.4) is 0 Å². The van der Waals surface area contributed by atoms with Crippen LogP contribution in [0, 0.1) is 0 Å². The molecule has 1 N–H and O–H groups in total. The number of nitrogens with zero attached hydrogens (tertiary/aromatic N) is 2. The van der Waals surface area contributed by atoms with Crippen LogP contribution in [0.2, 0.25) is 0 Å². The highest BCUT2D eigenvalue weighted by molar-refractivity contribution is 6.02. The Labute approximate surface area is 117 Å². The molecule has 0 saturated carbocycles. The maximum Gasteiger partial charge on any atom is 0.321 e. The normalized spacial score (nSPS) is 14.6. The van der Waals surface area contributed by atoms with Crippen LogP contribution in [-0.2, 0) is 0 Å². The molecule has 0 atom stereocenters. The number of hydrogen-bond donors (Lipinski definition) is 1. The van der Waals surface area contributed by atoms with Crippen LogP contribution in [-0.4, -0.2) is 36.1 Å². The third kappa shape index (κ3) is 2.27. The number of carbonyl (C=O) groups excluding carboxylic acids is 1. The molecule has 0 aliphatic carbocycles. The van der Waals surface area contributed by atoms with Crippen LogP contribution in [0.25, 0.3) is 10.9 Å². The average Bonchev–Trinajstić information content (AvgIpc) is 3.02. The zero-order valence-electron chi connectivity index (χ0n) is 11.4. The Hall–Kier alpha value is -2.30. The average molecular weight is 271 g/mol. The van der Waals surface area contributed by atoms with Gasteiger partial charge in [-0.3, -0.25) is 4.98 Å². The number of fused-ring (bicyclic) bond motifs is 1. The number of carbonyl (C=O) groups is 1. The number of nitrogens with one attached hydrogen (secondary N) is 1. The van der Waals surface area contributed by atoms with E-state index >= 15 is 0 Å². The predicted molar refractivity (Wildman–Crippen MR) is 78.1 cm³/mol. The van der Waals surface area contributed by atoms with E-state index in [1.165, 1.54) is 0 Å². The van der Waals surface area contributed by atoms with Crippen molar-refractivity contribution in [2.45, 2.75) is 12.8 Å². The summed E-state index contributed by atoms with van der Waals surface area (Å²) in [7, 11) is 1.62. The highest BCUT2D eigenvalue weighted by Gasteiger charge is 2.18. The number of ether oxygens (including phenoxy) is 1. The molecule has 3 rings (SSSR count). The third-order valence-electron chi connectivity index (χ3n) is 3.59. The minimum absolute atomic E-state index is 0.0437. The van der Waals surface area contributed by atoms with E-state index in [0.717, 1.165) is 42.5 Å². The minimum atomic E-state index is -0.0437. The van der Waals surface area contributed by atoms with Gasteiger partial charge in [0.1, 0.15) is 11.3 Å². The standard InChI is InChI=1S/C15H17N3O2/c1-20-13-7-6-12(11-5-4-8-16-14(11)13)17-15(19)18-9-2-3-10-18/h4-8H,2-3,9-10H2,1H3,(H,17,19). The van der Waals surface area contributed by atoms with Gasteiger partial charge in [-0.15, -0.1) is 0 Å². The number of aromatic nitrogens is 1. The molecular weight excluding hydrogens is 254 g/mol. The van der Waals surface area contributed by atoms with E-state index in [1.807, 2.05) is 29.2 Å². The lowest BCUT2D eigenvalue weighted by molar-refractivity contribution is 0.222. The van der Waals surface area contributed by atoms with Crippen LogP contribution >= 0.6 is 0 Å². The number of hydrogen-bond acceptors (Lipinski definition) is 3. The van der Waals surface area contributed by atoms with E-state index in [2.05, 4.69) is 10.3 Å². The lowest BCUT2D eigenvalue weighted by atomic mass is 10.1. The Morgan fingerprint density at radius 2 is 2.10 bits per heavy atom. The molecule has 1 aliphatic heterocycles. The zero-order valence-corrected chi connectivity index (χ0v) is 11.4. The first kappa shape index (κ1) is 12.7. The van der Waals surface area contributed by atoms with Crippen molar-refractivity contribution in [3.63, 3.8) is 0 Å². The van der Waals surface area contributed by atoms with Gasteiger partial charge in [-0.05, 0) is 37.1 Å². The van der Waals surface area contributed by atoms with Crippen LogP contribution < -0.4 is 10.1 Å². The smallest absolute Gasteiger partial charge is 0.321 e. The van der Waals surface area contributed by atoms with E-state index in [9.17, 15) is 4.79 Å². The second-order valence-electron chi connectivity index (χ2n) is 4.84. The van der Waals surface area contributed by atoms with Crippen molar-refractivity contribution in [3.8, 4) is 5.75 Å². The maximum atomic E-state index is 12.2. The SMILES string of the molecule is COc1ccc(NC(=O)N2CCCC2)c2cccnc12. The fraction of sp³-hybridized carbons (Fsp3) is 0.333. The van der Waals surface area contributed by atoms with Gasteiger partial charge in [-0.2, -0.15) is 0 Å². The molecule has 20 heavy (non-hydrogen) atoms. The molecule has 2 heterocycles. The summed E-state index contributed by atoms with van der Waals surface area (Å²) in [6, 6.07) is 7.43. The number of likely N-dealkylation sites (tertiary alicyclic amines) is 1. The molecule has 5 nitrogen and oxygen atoms in total. The van der Waals surface area contributed by atoms with Crippen LogP contribution in [0.4, 0.5) is 10.5 Å². The van der Waals surface area contributed by atoms with Crippen LogP contribution in [0.15, 0.2) is 30.5 Å².